The first-order chi connectivity index (χ1) is 7.88. The van der Waals surface area contributed by atoms with E-state index in [9.17, 15) is 0 Å². The highest BCUT2D eigenvalue weighted by Crippen LogP contribution is 2.15. The first-order valence-corrected chi connectivity index (χ1v) is 6.58. The Morgan fingerprint density at radius 2 is 1.75 bits per heavy atom. The molecule has 0 saturated carbocycles. The third-order valence-corrected chi connectivity index (χ3v) is 3.54. The minimum Gasteiger partial charge on any atom is -0.330 e. The molecule has 1 unspecified atom stereocenters. The molecular weight excluding hydrogens is 214 g/mol. The van der Waals surface area contributed by atoms with Gasteiger partial charge in [0.05, 0.1) is 0 Å². The number of thiophene rings is 1. The first-order valence-electron chi connectivity index (χ1n) is 5.63. The van der Waals surface area contributed by atoms with E-state index in [4.69, 9.17) is 5.73 Å². The van der Waals surface area contributed by atoms with Crippen LogP contribution in [0.1, 0.15) is 11.1 Å². The molecule has 2 rings (SSSR count). The van der Waals surface area contributed by atoms with Gasteiger partial charge in [-0.25, -0.2) is 0 Å². The summed E-state index contributed by atoms with van der Waals surface area (Å²) in [5.74, 6) is 0.553. The predicted octanol–water partition coefficient (Wildman–Crippen LogP) is 3.11. The topological polar surface area (TPSA) is 26.0 Å². The van der Waals surface area contributed by atoms with E-state index >= 15 is 0 Å². The molecule has 2 heteroatoms. The highest BCUT2D eigenvalue weighted by Gasteiger charge is 2.08. The molecule has 1 atom stereocenters. The van der Waals surface area contributed by atoms with Gasteiger partial charge in [-0.15, -0.1) is 0 Å². The van der Waals surface area contributed by atoms with Gasteiger partial charge >= 0.3 is 0 Å². The van der Waals surface area contributed by atoms with Gasteiger partial charge in [-0.1, -0.05) is 30.3 Å². The number of nitrogens with two attached hydrogens (primary N) is 1. The fraction of sp³-hybridized carbons (Fsp3) is 0.286. The molecule has 1 aromatic carbocycles. The molecule has 2 N–H and O–H groups in total. The summed E-state index contributed by atoms with van der Waals surface area (Å²) < 4.78 is 0. The van der Waals surface area contributed by atoms with Crippen LogP contribution >= 0.6 is 11.3 Å². The molecule has 0 amide bonds. The Hall–Kier alpha value is -1.12. The molecule has 0 saturated heterocycles. The largest absolute Gasteiger partial charge is 0.330 e. The van der Waals surface area contributed by atoms with Gasteiger partial charge in [-0.2, -0.15) is 11.3 Å². The summed E-state index contributed by atoms with van der Waals surface area (Å²) in [6, 6.07) is 12.8. The molecule has 0 fully saturated rings. The zero-order valence-corrected chi connectivity index (χ0v) is 10.1. The maximum Gasteiger partial charge on any atom is -0.00425 e. The molecular formula is C14H17NS. The standard InChI is InChI=1S/C14H17NS/c15-10-14(9-13-6-7-16-11-13)8-12-4-2-1-3-5-12/h1-7,11,14H,8-10,15H2. The average Bonchev–Trinajstić information content (AvgIpc) is 2.82. The van der Waals surface area contributed by atoms with E-state index in [2.05, 4.69) is 47.2 Å². The van der Waals surface area contributed by atoms with Crippen molar-refractivity contribution in [2.75, 3.05) is 6.54 Å². The van der Waals surface area contributed by atoms with Gasteiger partial charge in [0.15, 0.2) is 0 Å². The summed E-state index contributed by atoms with van der Waals surface area (Å²) in [6.45, 7) is 0.755. The van der Waals surface area contributed by atoms with Gasteiger partial charge in [0.1, 0.15) is 0 Å². The monoisotopic (exact) mass is 231 g/mol. The highest BCUT2D eigenvalue weighted by atomic mass is 32.1. The van der Waals surface area contributed by atoms with Crippen molar-refractivity contribution in [3.8, 4) is 0 Å². The third-order valence-electron chi connectivity index (χ3n) is 2.81. The Morgan fingerprint density at radius 1 is 1.00 bits per heavy atom. The summed E-state index contributed by atoms with van der Waals surface area (Å²) in [6.07, 6.45) is 2.17. The molecule has 2 aromatic rings. The van der Waals surface area contributed by atoms with Crippen molar-refractivity contribution in [1.29, 1.82) is 0 Å². The minimum absolute atomic E-state index is 0.553. The van der Waals surface area contributed by atoms with Crippen molar-refractivity contribution in [1.82, 2.24) is 0 Å². The zero-order chi connectivity index (χ0) is 11.2. The van der Waals surface area contributed by atoms with E-state index in [1.165, 1.54) is 11.1 Å². The van der Waals surface area contributed by atoms with Crippen LogP contribution in [0.3, 0.4) is 0 Å². The number of hydrogen-bond donors (Lipinski definition) is 1. The Bertz CT molecular complexity index is 394. The van der Waals surface area contributed by atoms with Crippen molar-refractivity contribution in [2.45, 2.75) is 12.8 Å². The maximum atomic E-state index is 5.84. The average molecular weight is 231 g/mol. The van der Waals surface area contributed by atoms with Gasteiger partial charge < -0.3 is 5.73 Å². The van der Waals surface area contributed by atoms with Crippen LogP contribution < -0.4 is 5.73 Å². The highest BCUT2D eigenvalue weighted by molar-refractivity contribution is 7.07. The van der Waals surface area contributed by atoms with Crippen LogP contribution in [-0.4, -0.2) is 6.54 Å². The molecule has 0 spiro atoms. The van der Waals surface area contributed by atoms with E-state index in [0.29, 0.717) is 5.92 Å². The van der Waals surface area contributed by atoms with Crippen LogP contribution in [0.5, 0.6) is 0 Å². The SMILES string of the molecule is NCC(Cc1ccccc1)Cc1ccsc1. The van der Waals surface area contributed by atoms with Crippen LogP contribution in [0, 0.1) is 5.92 Å². The molecule has 0 aliphatic carbocycles. The molecule has 1 nitrogen and oxygen atoms in total. The van der Waals surface area contributed by atoms with Crippen LogP contribution in [0.4, 0.5) is 0 Å². The van der Waals surface area contributed by atoms with Crippen molar-refractivity contribution >= 4 is 11.3 Å². The van der Waals surface area contributed by atoms with E-state index in [1.807, 2.05) is 0 Å². The molecule has 0 aliphatic heterocycles. The lowest BCUT2D eigenvalue weighted by atomic mass is 9.94. The van der Waals surface area contributed by atoms with Crippen molar-refractivity contribution < 1.29 is 0 Å². The van der Waals surface area contributed by atoms with Gasteiger partial charge in [-0.05, 0) is 53.3 Å². The van der Waals surface area contributed by atoms with Crippen LogP contribution in [0.2, 0.25) is 0 Å². The van der Waals surface area contributed by atoms with E-state index in [1.54, 1.807) is 11.3 Å². The summed E-state index contributed by atoms with van der Waals surface area (Å²) in [5.41, 5.74) is 8.64. The summed E-state index contributed by atoms with van der Waals surface area (Å²) in [5, 5.41) is 4.35. The Balaban J connectivity index is 1.96. The van der Waals surface area contributed by atoms with E-state index in [0.717, 1.165) is 19.4 Å². The molecule has 0 bridgehead atoms. The molecule has 0 radical (unpaired) electrons. The van der Waals surface area contributed by atoms with E-state index in [-0.39, 0.29) is 0 Å². The smallest absolute Gasteiger partial charge is 0.00425 e. The summed E-state index contributed by atoms with van der Waals surface area (Å²) in [7, 11) is 0. The summed E-state index contributed by atoms with van der Waals surface area (Å²) in [4.78, 5) is 0. The van der Waals surface area contributed by atoms with Gasteiger partial charge in [0, 0.05) is 0 Å². The second-order valence-electron chi connectivity index (χ2n) is 4.13. The van der Waals surface area contributed by atoms with Crippen molar-refractivity contribution in [3.63, 3.8) is 0 Å². The Labute approximate surface area is 101 Å². The lowest BCUT2D eigenvalue weighted by molar-refractivity contribution is 0.534. The van der Waals surface area contributed by atoms with Crippen molar-refractivity contribution in [2.24, 2.45) is 11.7 Å². The van der Waals surface area contributed by atoms with Crippen LogP contribution in [-0.2, 0) is 12.8 Å². The van der Waals surface area contributed by atoms with Gasteiger partial charge in [-0.3, -0.25) is 0 Å². The lowest BCUT2D eigenvalue weighted by Gasteiger charge is -2.13. The Kier molecular flexibility index (Phi) is 4.14. The Morgan fingerprint density at radius 3 is 2.38 bits per heavy atom. The minimum atomic E-state index is 0.553. The lowest BCUT2D eigenvalue weighted by Crippen LogP contribution is -2.19. The molecule has 1 heterocycles. The quantitative estimate of drug-likeness (QED) is 0.840. The molecule has 16 heavy (non-hydrogen) atoms. The molecule has 84 valence electrons. The third kappa shape index (κ3) is 3.19. The second-order valence-corrected chi connectivity index (χ2v) is 4.91. The molecule has 0 aliphatic rings. The normalized spacial score (nSPS) is 12.6. The number of rotatable bonds is 5. The van der Waals surface area contributed by atoms with Gasteiger partial charge in [0.2, 0.25) is 0 Å². The van der Waals surface area contributed by atoms with Gasteiger partial charge in [0.25, 0.3) is 0 Å². The second kappa shape index (κ2) is 5.83. The van der Waals surface area contributed by atoms with Crippen LogP contribution in [0.15, 0.2) is 47.2 Å². The fourth-order valence-electron chi connectivity index (χ4n) is 1.93. The predicted molar refractivity (Wildman–Crippen MR) is 70.7 cm³/mol. The van der Waals surface area contributed by atoms with E-state index < -0.39 is 0 Å². The molecule has 1 aromatic heterocycles. The first kappa shape index (κ1) is 11.4. The zero-order valence-electron chi connectivity index (χ0n) is 9.30. The fourth-order valence-corrected chi connectivity index (χ4v) is 2.61. The van der Waals surface area contributed by atoms with Crippen molar-refractivity contribution in [3.05, 3.63) is 58.3 Å². The maximum absolute atomic E-state index is 5.84. The number of hydrogen-bond acceptors (Lipinski definition) is 2. The summed E-state index contributed by atoms with van der Waals surface area (Å²) >= 11 is 1.76. The number of benzene rings is 1. The van der Waals surface area contributed by atoms with Crippen LogP contribution in [0.25, 0.3) is 0 Å².